The van der Waals surface area contributed by atoms with Crippen LogP contribution in [-0.4, -0.2) is 54.0 Å². The van der Waals surface area contributed by atoms with Crippen molar-refractivity contribution in [1.82, 2.24) is 9.80 Å². The number of hydrogen-bond donors (Lipinski definition) is 1. The van der Waals surface area contributed by atoms with E-state index in [0.717, 1.165) is 51.9 Å². The number of hydrogen-bond acceptors (Lipinski definition) is 3. The lowest BCUT2D eigenvalue weighted by molar-refractivity contribution is -0.137. The fraction of sp³-hybridized carbons (Fsp3) is 0.938. The minimum absolute atomic E-state index is 0.161. The maximum Gasteiger partial charge on any atom is 0.226 e. The lowest BCUT2D eigenvalue weighted by atomic mass is 9.77. The smallest absolute Gasteiger partial charge is 0.226 e. The third kappa shape index (κ3) is 3.34. The van der Waals surface area contributed by atoms with E-state index >= 15 is 0 Å². The summed E-state index contributed by atoms with van der Waals surface area (Å²) in [4.78, 5) is 17.3. The maximum atomic E-state index is 12.8. The summed E-state index contributed by atoms with van der Waals surface area (Å²) in [6, 6.07) is 0.780. The summed E-state index contributed by atoms with van der Waals surface area (Å²) in [6.45, 7) is 10.6. The van der Waals surface area contributed by atoms with Gasteiger partial charge >= 0.3 is 0 Å². The van der Waals surface area contributed by atoms with Crippen LogP contribution in [0.15, 0.2) is 0 Å². The zero-order chi connectivity index (χ0) is 14.7. The first kappa shape index (κ1) is 15.8. The molecule has 116 valence electrons. The van der Waals surface area contributed by atoms with Crippen LogP contribution in [0, 0.1) is 11.8 Å². The number of rotatable bonds is 4. The SMILES string of the molecule is CCN(CC)C1CCN(C(=O)C2CC(N)CCC2C)C1. The van der Waals surface area contributed by atoms with Gasteiger partial charge in [0.15, 0.2) is 0 Å². The van der Waals surface area contributed by atoms with E-state index in [1.807, 2.05) is 0 Å². The average Bonchev–Trinajstić information content (AvgIpc) is 2.92. The zero-order valence-electron chi connectivity index (χ0n) is 13.3. The van der Waals surface area contributed by atoms with Crippen LogP contribution in [0.4, 0.5) is 0 Å². The Hall–Kier alpha value is -0.610. The molecule has 1 aliphatic carbocycles. The van der Waals surface area contributed by atoms with Gasteiger partial charge in [0.25, 0.3) is 0 Å². The van der Waals surface area contributed by atoms with Crippen molar-refractivity contribution in [2.24, 2.45) is 17.6 Å². The molecule has 0 aromatic heterocycles. The highest BCUT2D eigenvalue weighted by Crippen LogP contribution is 2.31. The number of nitrogens with two attached hydrogens (primary N) is 1. The summed E-state index contributed by atoms with van der Waals surface area (Å²) in [5, 5.41) is 0. The third-order valence-corrected chi connectivity index (χ3v) is 5.36. The van der Waals surface area contributed by atoms with Gasteiger partial charge in [-0.1, -0.05) is 20.8 Å². The third-order valence-electron chi connectivity index (χ3n) is 5.36. The first-order valence-corrected chi connectivity index (χ1v) is 8.35. The van der Waals surface area contributed by atoms with E-state index in [9.17, 15) is 4.79 Å². The highest BCUT2D eigenvalue weighted by molar-refractivity contribution is 5.79. The van der Waals surface area contributed by atoms with E-state index in [1.54, 1.807) is 0 Å². The van der Waals surface area contributed by atoms with Gasteiger partial charge in [0.05, 0.1) is 0 Å². The molecule has 1 saturated carbocycles. The van der Waals surface area contributed by atoms with E-state index in [4.69, 9.17) is 5.73 Å². The monoisotopic (exact) mass is 281 g/mol. The van der Waals surface area contributed by atoms with Gasteiger partial charge in [0.1, 0.15) is 0 Å². The summed E-state index contributed by atoms with van der Waals surface area (Å²) in [5.41, 5.74) is 6.06. The van der Waals surface area contributed by atoms with E-state index in [2.05, 4.69) is 30.6 Å². The molecule has 0 radical (unpaired) electrons. The van der Waals surface area contributed by atoms with Crippen LogP contribution in [0.2, 0.25) is 0 Å². The predicted octanol–water partition coefficient (Wildman–Crippen LogP) is 1.69. The highest BCUT2D eigenvalue weighted by atomic mass is 16.2. The van der Waals surface area contributed by atoms with Crippen LogP contribution < -0.4 is 5.73 Å². The molecule has 4 heteroatoms. The Morgan fingerprint density at radius 3 is 2.60 bits per heavy atom. The van der Waals surface area contributed by atoms with Crippen LogP contribution in [0.25, 0.3) is 0 Å². The zero-order valence-corrected chi connectivity index (χ0v) is 13.3. The molecule has 2 aliphatic rings. The molecule has 0 bridgehead atoms. The fourth-order valence-corrected chi connectivity index (χ4v) is 3.91. The van der Waals surface area contributed by atoms with Crippen LogP contribution in [0.1, 0.15) is 46.5 Å². The van der Waals surface area contributed by atoms with Gasteiger partial charge < -0.3 is 10.6 Å². The lowest BCUT2D eigenvalue weighted by Crippen LogP contribution is -2.44. The van der Waals surface area contributed by atoms with E-state index in [-0.39, 0.29) is 12.0 Å². The second-order valence-electron chi connectivity index (χ2n) is 6.60. The van der Waals surface area contributed by atoms with Crippen molar-refractivity contribution in [2.75, 3.05) is 26.2 Å². The van der Waals surface area contributed by atoms with E-state index in [1.165, 1.54) is 0 Å². The van der Waals surface area contributed by atoms with Crippen LogP contribution in [-0.2, 0) is 4.79 Å². The Bertz CT molecular complexity index is 330. The molecule has 2 fully saturated rings. The van der Waals surface area contributed by atoms with Gasteiger partial charge in [-0.3, -0.25) is 9.69 Å². The van der Waals surface area contributed by atoms with Gasteiger partial charge in [0.2, 0.25) is 5.91 Å². The fourth-order valence-electron chi connectivity index (χ4n) is 3.91. The number of likely N-dealkylation sites (tertiary alicyclic amines) is 1. The Balaban J connectivity index is 1.93. The van der Waals surface area contributed by atoms with Crippen molar-refractivity contribution in [3.8, 4) is 0 Å². The molecule has 4 unspecified atom stereocenters. The summed E-state index contributed by atoms with van der Waals surface area (Å²) >= 11 is 0. The highest BCUT2D eigenvalue weighted by Gasteiger charge is 2.37. The summed E-state index contributed by atoms with van der Waals surface area (Å²) in [6.07, 6.45) is 4.19. The summed E-state index contributed by atoms with van der Waals surface area (Å²) < 4.78 is 0. The average molecular weight is 281 g/mol. The quantitative estimate of drug-likeness (QED) is 0.853. The molecular formula is C16H31N3O. The van der Waals surface area contributed by atoms with Crippen molar-refractivity contribution < 1.29 is 4.79 Å². The maximum absolute atomic E-state index is 12.8. The summed E-state index contributed by atoms with van der Waals surface area (Å²) in [7, 11) is 0. The molecule has 1 aliphatic heterocycles. The topological polar surface area (TPSA) is 49.6 Å². The number of carbonyl (C=O) groups is 1. The predicted molar refractivity (Wildman–Crippen MR) is 82.4 cm³/mol. The normalized spacial score (nSPS) is 34.8. The molecule has 2 N–H and O–H groups in total. The van der Waals surface area contributed by atoms with Crippen molar-refractivity contribution in [2.45, 2.75) is 58.5 Å². The lowest BCUT2D eigenvalue weighted by Gasteiger charge is -2.34. The first-order valence-electron chi connectivity index (χ1n) is 8.35. The molecule has 4 atom stereocenters. The van der Waals surface area contributed by atoms with Gasteiger partial charge in [-0.05, 0) is 44.7 Å². The minimum Gasteiger partial charge on any atom is -0.341 e. The molecule has 1 amide bonds. The molecule has 0 aromatic rings. The van der Waals surface area contributed by atoms with Gasteiger partial charge in [0, 0.05) is 31.1 Å². The van der Waals surface area contributed by atoms with Crippen molar-refractivity contribution >= 4 is 5.91 Å². The Labute approximate surface area is 123 Å². The molecule has 1 heterocycles. The molecule has 0 spiro atoms. The van der Waals surface area contributed by atoms with Gasteiger partial charge in [-0.2, -0.15) is 0 Å². The number of amides is 1. The van der Waals surface area contributed by atoms with E-state index < -0.39 is 0 Å². The van der Waals surface area contributed by atoms with Crippen LogP contribution in [0.5, 0.6) is 0 Å². The summed E-state index contributed by atoms with van der Waals surface area (Å²) in [5.74, 6) is 1.02. The second-order valence-corrected chi connectivity index (χ2v) is 6.60. The molecule has 0 aromatic carbocycles. The number of nitrogens with zero attached hydrogens (tertiary/aromatic N) is 2. The molecule has 20 heavy (non-hydrogen) atoms. The van der Waals surface area contributed by atoms with E-state index in [0.29, 0.717) is 17.9 Å². The second kappa shape index (κ2) is 6.90. The molecule has 1 saturated heterocycles. The van der Waals surface area contributed by atoms with Gasteiger partial charge in [-0.15, -0.1) is 0 Å². The first-order chi connectivity index (χ1) is 9.56. The molecular weight excluding hydrogens is 250 g/mol. The van der Waals surface area contributed by atoms with Crippen LogP contribution in [0.3, 0.4) is 0 Å². The van der Waals surface area contributed by atoms with Crippen molar-refractivity contribution in [3.05, 3.63) is 0 Å². The van der Waals surface area contributed by atoms with Crippen molar-refractivity contribution in [3.63, 3.8) is 0 Å². The van der Waals surface area contributed by atoms with Crippen LogP contribution >= 0.6 is 0 Å². The standard InChI is InChI=1S/C16H31N3O/c1-4-18(5-2)14-8-9-19(11-14)16(20)15-10-13(17)7-6-12(15)3/h12-15H,4-11,17H2,1-3H3. The Morgan fingerprint density at radius 1 is 1.25 bits per heavy atom. The minimum atomic E-state index is 0.161. The molecule has 4 nitrogen and oxygen atoms in total. The Morgan fingerprint density at radius 2 is 1.95 bits per heavy atom. The van der Waals surface area contributed by atoms with Crippen molar-refractivity contribution in [1.29, 1.82) is 0 Å². The number of likely N-dealkylation sites (N-methyl/N-ethyl adjacent to an activating group) is 1. The largest absolute Gasteiger partial charge is 0.341 e. The Kier molecular flexibility index (Phi) is 5.44. The number of carbonyl (C=O) groups excluding carboxylic acids is 1. The van der Waals surface area contributed by atoms with Gasteiger partial charge in [-0.25, -0.2) is 0 Å². The molecule has 2 rings (SSSR count).